The van der Waals surface area contributed by atoms with Crippen molar-refractivity contribution >= 4 is 28.9 Å². The highest BCUT2D eigenvalue weighted by atomic mass is 35.5. The van der Waals surface area contributed by atoms with E-state index in [1.165, 1.54) is 12.1 Å². The van der Waals surface area contributed by atoms with Crippen LogP contribution in [0, 0.1) is 15.9 Å². The second-order valence-electron chi connectivity index (χ2n) is 3.72. The molecule has 1 aromatic heterocycles. The standard InChI is InChI=1S/C10H3Cl2F4N3O2/c11-4-2-1-3-5(13)6(4)18-9(12)7(19(20)21)8(17-18)10(14,15)16/h1-3H. The Bertz CT molecular complexity index is 710. The van der Waals surface area contributed by atoms with E-state index >= 15 is 0 Å². The molecule has 2 aromatic rings. The highest BCUT2D eigenvalue weighted by Crippen LogP contribution is 2.41. The van der Waals surface area contributed by atoms with Crippen LogP contribution >= 0.6 is 23.2 Å². The maximum absolute atomic E-state index is 13.7. The van der Waals surface area contributed by atoms with Crippen LogP contribution in [0.15, 0.2) is 18.2 Å². The molecule has 0 bridgehead atoms. The quantitative estimate of drug-likeness (QED) is 0.465. The molecule has 0 atom stereocenters. The number of hydrogen-bond donors (Lipinski definition) is 0. The monoisotopic (exact) mass is 343 g/mol. The van der Waals surface area contributed by atoms with Crippen LogP contribution in [0.4, 0.5) is 23.2 Å². The lowest BCUT2D eigenvalue weighted by Gasteiger charge is -2.06. The van der Waals surface area contributed by atoms with Gasteiger partial charge in [-0.1, -0.05) is 29.3 Å². The minimum atomic E-state index is -5.13. The third-order valence-electron chi connectivity index (χ3n) is 2.41. The molecule has 0 amide bonds. The van der Waals surface area contributed by atoms with Gasteiger partial charge in [0.1, 0.15) is 11.5 Å². The molecule has 0 unspecified atom stereocenters. The predicted octanol–water partition coefficient (Wildman–Crippen LogP) is 4.25. The molecular weight excluding hydrogens is 341 g/mol. The van der Waals surface area contributed by atoms with Crippen LogP contribution in [0.25, 0.3) is 5.69 Å². The lowest BCUT2D eigenvalue weighted by molar-refractivity contribution is -0.388. The fraction of sp³-hybridized carbons (Fsp3) is 0.100. The summed E-state index contributed by atoms with van der Waals surface area (Å²) in [7, 11) is 0. The summed E-state index contributed by atoms with van der Waals surface area (Å²) < 4.78 is 52.2. The topological polar surface area (TPSA) is 61.0 Å². The molecule has 112 valence electrons. The first kappa shape index (κ1) is 15.5. The summed E-state index contributed by atoms with van der Waals surface area (Å²) in [5, 5.41) is 12.4. The molecule has 0 aliphatic rings. The van der Waals surface area contributed by atoms with Crippen molar-refractivity contribution in [1.29, 1.82) is 0 Å². The van der Waals surface area contributed by atoms with Gasteiger partial charge >= 0.3 is 11.9 Å². The molecule has 2 rings (SSSR count). The van der Waals surface area contributed by atoms with E-state index in [-0.39, 0.29) is 9.70 Å². The second-order valence-corrected chi connectivity index (χ2v) is 4.49. The normalized spacial score (nSPS) is 11.7. The van der Waals surface area contributed by atoms with Crippen molar-refractivity contribution in [2.45, 2.75) is 6.18 Å². The van der Waals surface area contributed by atoms with E-state index < -0.39 is 39.1 Å². The van der Waals surface area contributed by atoms with Crippen molar-refractivity contribution in [2.75, 3.05) is 0 Å². The van der Waals surface area contributed by atoms with Gasteiger partial charge < -0.3 is 0 Å². The van der Waals surface area contributed by atoms with Crippen molar-refractivity contribution in [2.24, 2.45) is 0 Å². The number of benzene rings is 1. The van der Waals surface area contributed by atoms with E-state index in [1.807, 2.05) is 0 Å². The number of nitro groups is 1. The van der Waals surface area contributed by atoms with E-state index in [9.17, 15) is 27.7 Å². The van der Waals surface area contributed by atoms with Crippen LogP contribution < -0.4 is 0 Å². The lowest BCUT2D eigenvalue weighted by Crippen LogP contribution is -2.10. The van der Waals surface area contributed by atoms with Gasteiger partial charge in [0.25, 0.3) is 0 Å². The number of hydrogen-bond acceptors (Lipinski definition) is 3. The van der Waals surface area contributed by atoms with Gasteiger partial charge in [0, 0.05) is 0 Å². The van der Waals surface area contributed by atoms with Crippen molar-refractivity contribution in [1.82, 2.24) is 9.78 Å². The Kier molecular flexibility index (Phi) is 3.81. The molecule has 1 heterocycles. The largest absolute Gasteiger partial charge is 0.442 e. The molecule has 11 heteroatoms. The van der Waals surface area contributed by atoms with Crippen LogP contribution in [0.2, 0.25) is 10.2 Å². The Hall–Kier alpha value is -1.87. The first-order valence-electron chi connectivity index (χ1n) is 5.09. The molecule has 0 aliphatic carbocycles. The predicted molar refractivity (Wildman–Crippen MR) is 65.2 cm³/mol. The van der Waals surface area contributed by atoms with Gasteiger partial charge in [-0.15, -0.1) is 0 Å². The molecule has 1 aromatic carbocycles. The number of halogens is 6. The third kappa shape index (κ3) is 2.66. The summed E-state index contributed by atoms with van der Waals surface area (Å²) >= 11 is 11.2. The SMILES string of the molecule is O=[N+]([O-])c1c(C(F)(F)F)nn(-c2c(F)cccc2Cl)c1Cl. The molecular formula is C10H3Cl2F4N3O2. The average molecular weight is 344 g/mol. The zero-order chi connectivity index (χ0) is 15.9. The Morgan fingerprint density at radius 3 is 2.33 bits per heavy atom. The summed E-state index contributed by atoms with van der Waals surface area (Å²) in [6, 6.07) is 3.28. The minimum Gasteiger partial charge on any atom is -0.258 e. The van der Waals surface area contributed by atoms with Crippen LogP contribution in [-0.4, -0.2) is 14.7 Å². The van der Waals surface area contributed by atoms with Crippen LogP contribution in [0.3, 0.4) is 0 Å². The molecule has 0 saturated carbocycles. The fourth-order valence-corrected chi connectivity index (χ4v) is 2.11. The van der Waals surface area contributed by atoms with E-state index in [1.54, 1.807) is 0 Å². The summed E-state index contributed by atoms with van der Waals surface area (Å²) in [4.78, 5) is 9.40. The van der Waals surface area contributed by atoms with Gasteiger partial charge in [-0.05, 0) is 12.1 Å². The molecule has 0 aliphatic heterocycles. The smallest absolute Gasteiger partial charge is 0.258 e. The third-order valence-corrected chi connectivity index (χ3v) is 3.05. The fourth-order valence-electron chi connectivity index (χ4n) is 1.58. The summed E-state index contributed by atoms with van der Waals surface area (Å²) in [5.74, 6) is -1.03. The van der Waals surface area contributed by atoms with Crippen molar-refractivity contribution in [3.63, 3.8) is 0 Å². The first-order valence-corrected chi connectivity index (χ1v) is 5.84. The number of aromatic nitrogens is 2. The molecule has 0 radical (unpaired) electrons. The van der Waals surface area contributed by atoms with Gasteiger partial charge in [0.2, 0.25) is 10.8 Å². The zero-order valence-electron chi connectivity index (χ0n) is 9.66. The Balaban J connectivity index is 2.81. The maximum Gasteiger partial charge on any atom is 0.442 e. The molecule has 21 heavy (non-hydrogen) atoms. The highest BCUT2D eigenvalue weighted by molar-refractivity contribution is 6.34. The van der Waals surface area contributed by atoms with Gasteiger partial charge in [-0.2, -0.15) is 18.3 Å². The minimum absolute atomic E-state index is 0.250. The van der Waals surface area contributed by atoms with E-state index in [0.717, 1.165) is 6.07 Å². The average Bonchev–Trinajstić information content (AvgIpc) is 2.67. The van der Waals surface area contributed by atoms with Crippen LogP contribution in [0.1, 0.15) is 5.69 Å². The van der Waals surface area contributed by atoms with Gasteiger partial charge in [-0.3, -0.25) is 10.1 Å². The van der Waals surface area contributed by atoms with Gasteiger partial charge in [0.05, 0.1) is 9.95 Å². The summed E-state index contributed by atoms with van der Waals surface area (Å²) in [6.07, 6.45) is -5.13. The summed E-state index contributed by atoms with van der Waals surface area (Å²) in [6.45, 7) is 0. The molecule has 0 saturated heterocycles. The highest BCUT2D eigenvalue weighted by Gasteiger charge is 2.45. The number of alkyl halides is 3. The van der Waals surface area contributed by atoms with E-state index in [0.29, 0.717) is 0 Å². The van der Waals surface area contributed by atoms with Crippen LogP contribution in [0.5, 0.6) is 0 Å². The lowest BCUT2D eigenvalue weighted by atomic mass is 10.3. The number of nitrogens with zero attached hydrogens (tertiary/aromatic N) is 3. The van der Waals surface area contributed by atoms with Crippen molar-refractivity contribution < 1.29 is 22.5 Å². The first-order chi connectivity index (χ1) is 9.64. The second kappa shape index (κ2) is 5.15. The van der Waals surface area contributed by atoms with Crippen LogP contribution in [-0.2, 0) is 6.18 Å². The Labute approximate surface area is 123 Å². The molecule has 0 N–H and O–H groups in total. The molecule has 0 fully saturated rings. The van der Waals surface area contributed by atoms with Crippen molar-refractivity contribution in [3.8, 4) is 5.69 Å². The zero-order valence-corrected chi connectivity index (χ0v) is 11.2. The number of para-hydroxylation sites is 1. The summed E-state index contributed by atoms with van der Waals surface area (Å²) in [5.41, 5.74) is -3.91. The molecule has 0 spiro atoms. The Morgan fingerprint density at radius 1 is 1.29 bits per heavy atom. The van der Waals surface area contributed by atoms with Crippen molar-refractivity contribution in [3.05, 3.63) is 50.0 Å². The Morgan fingerprint density at radius 2 is 1.90 bits per heavy atom. The number of rotatable bonds is 2. The van der Waals surface area contributed by atoms with E-state index in [2.05, 4.69) is 5.10 Å². The maximum atomic E-state index is 13.7. The van der Waals surface area contributed by atoms with Gasteiger partial charge in [0.15, 0.2) is 0 Å². The molecule has 5 nitrogen and oxygen atoms in total. The van der Waals surface area contributed by atoms with E-state index in [4.69, 9.17) is 23.2 Å². The van der Waals surface area contributed by atoms with Gasteiger partial charge in [-0.25, -0.2) is 9.07 Å².